The number of carbonyl (C=O) groups is 2. The molecule has 1 aliphatic heterocycles. The molecule has 0 spiro atoms. The summed E-state index contributed by atoms with van der Waals surface area (Å²) in [4.78, 5) is 28.2. The zero-order chi connectivity index (χ0) is 21.5. The second-order valence-electron chi connectivity index (χ2n) is 6.75. The van der Waals surface area contributed by atoms with E-state index in [0.717, 1.165) is 29.4 Å². The van der Waals surface area contributed by atoms with Gasteiger partial charge in [-0.2, -0.15) is 0 Å². The van der Waals surface area contributed by atoms with Crippen molar-refractivity contribution in [1.82, 2.24) is 0 Å². The monoisotopic (exact) mass is 430 g/mol. The molecule has 2 aromatic rings. The van der Waals surface area contributed by atoms with E-state index < -0.39 is 5.97 Å². The van der Waals surface area contributed by atoms with Crippen molar-refractivity contribution in [2.24, 2.45) is 0 Å². The van der Waals surface area contributed by atoms with Gasteiger partial charge in [0.15, 0.2) is 0 Å². The molecule has 1 fully saturated rings. The molecular formula is C22H26N2O5S. The normalized spacial score (nSPS) is 14.7. The van der Waals surface area contributed by atoms with Crippen molar-refractivity contribution < 1.29 is 23.8 Å². The number of esters is 1. The number of benzene rings is 2. The Morgan fingerprint density at radius 1 is 1.10 bits per heavy atom. The molecule has 1 amide bonds. The SMILES string of the molecule is COC(=O)c1cc(N2CCOCC2)ccc1NC(=O)C(C)Sc1ccc(OC)cc1. The van der Waals surface area contributed by atoms with Crippen LogP contribution in [0.15, 0.2) is 47.4 Å². The topological polar surface area (TPSA) is 77.1 Å². The second kappa shape index (κ2) is 10.4. The Morgan fingerprint density at radius 2 is 1.80 bits per heavy atom. The fraction of sp³-hybridized carbons (Fsp3) is 0.364. The summed E-state index contributed by atoms with van der Waals surface area (Å²) < 4.78 is 15.5. The Bertz CT molecular complexity index is 882. The smallest absolute Gasteiger partial charge is 0.340 e. The van der Waals surface area contributed by atoms with Gasteiger partial charge in [-0.05, 0) is 49.4 Å². The molecule has 2 aromatic carbocycles. The summed E-state index contributed by atoms with van der Waals surface area (Å²) in [6, 6.07) is 12.9. The molecule has 0 aromatic heterocycles. The average molecular weight is 431 g/mol. The van der Waals surface area contributed by atoms with Gasteiger partial charge in [-0.1, -0.05) is 0 Å². The quantitative estimate of drug-likeness (QED) is 0.533. The van der Waals surface area contributed by atoms with Crippen molar-refractivity contribution in [2.75, 3.05) is 50.7 Å². The van der Waals surface area contributed by atoms with Gasteiger partial charge in [0, 0.05) is 23.7 Å². The van der Waals surface area contributed by atoms with E-state index in [-0.39, 0.29) is 11.2 Å². The van der Waals surface area contributed by atoms with Crippen molar-refractivity contribution in [2.45, 2.75) is 17.1 Å². The summed E-state index contributed by atoms with van der Waals surface area (Å²) in [6.07, 6.45) is 0. The van der Waals surface area contributed by atoms with Crippen molar-refractivity contribution in [1.29, 1.82) is 0 Å². The number of nitrogens with zero attached hydrogens (tertiary/aromatic N) is 1. The highest BCUT2D eigenvalue weighted by Crippen LogP contribution is 2.28. The third-order valence-corrected chi connectivity index (χ3v) is 5.90. The number of morpholine rings is 1. The van der Waals surface area contributed by atoms with Gasteiger partial charge >= 0.3 is 5.97 Å². The molecule has 0 bridgehead atoms. The lowest BCUT2D eigenvalue weighted by Crippen LogP contribution is -2.36. The van der Waals surface area contributed by atoms with Gasteiger partial charge in [-0.3, -0.25) is 4.79 Å². The van der Waals surface area contributed by atoms with E-state index in [0.29, 0.717) is 24.5 Å². The fourth-order valence-corrected chi connectivity index (χ4v) is 3.95. The van der Waals surface area contributed by atoms with Gasteiger partial charge in [0.2, 0.25) is 5.91 Å². The van der Waals surface area contributed by atoms with Crippen LogP contribution in [-0.4, -0.2) is 57.6 Å². The van der Waals surface area contributed by atoms with Crippen LogP contribution >= 0.6 is 11.8 Å². The van der Waals surface area contributed by atoms with Crippen LogP contribution in [0, 0.1) is 0 Å². The molecule has 160 valence electrons. The van der Waals surface area contributed by atoms with Gasteiger partial charge in [0.25, 0.3) is 0 Å². The number of hydrogen-bond donors (Lipinski definition) is 1. The Kier molecular flexibility index (Phi) is 7.59. The number of methoxy groups -OCH3 is 2. The van der Waals surface area contributed by atoms with Crippen LogP contribution < -0.4 is 15.0 Å². The van der Waals surface area contributed by atoms with Crippen molar-refractivity contribution >= 4 is 35.0 Å². The van der Waals surface area contributed by atoms with Crippen molar-refractivity contribution in [3.05, 3.63) is 48.0 Å². The first-order valence-electron chi connectivity index (χ1n) is 9.68. The molecule has 1 heterocycles. The number of carbonyl (C=O) groups excluding carboxylic acids is 2. The summed E-state index contributed by atoms with van der Waals surface area (Å²) in [7, 11) is 2.94. The predicted molar refractivity (Wildman–Crippen MR) is 118 cm³/mol. The standard InChI is InChI=1S/C22H26N2O5S/c1-15(30-18-7-5-17(27-2)6-8-18)21(25)23-20-9-4-16(14-19(20)22(26)28-3)24-10-12-29-13-11-24/h4-9,14-15H,10-13H2,1-3H3,(H,23,25). The molecule has 0 radical (unpaired) electrons. The maximum absolute atomic E-state index is 12.8. The van der Waals surface area contributed by atoms with Crippen molar-refractivity contribution in [3.8, 4) is 5.75 Å². The summed E-state index contributed by atoms with van der Waals surface area (Å²) in [6.45, 7) is 4.62. The highest BCUT2D eigenvalue weighted by molar-refractivity contribution is 8.00. The first-order chi connectivity index (χ1) is 14.5. The Labute approximate surface area is 180 Å². The van der Waals surface area contributed by atoms with E-state index in [4.69, 9.17) is 14.2 Å². The van der Waals surface area contributed by atoms with Crippen LogP contribution in [0.1, 0.15) is 17.3 Å². The number of amides is 1. The summed E-state index contributed by atoms with van der Waals surface area (Å²) in [5, 5.41) is 2.51. The number of anilines is 2. The lowest BCUT2D eigenvalue weighted by molar-refractivity contribution is -0.115. The molecule has 3 rings (SSSR count). The van der Waals surface area contributed by atoms with Crippen LogP contribution in [-0.2, 0) is 14.3 Å². The molecule has 7 nitrogen and oxygen atoms in total. The van der Waals surface area contributed by atoms with Crippen LogP contribution in [0.25, 0.3) is 0 Å². The van der Waals surface area contributed by atoms with Crippen LogP contribution in [0.2, 0.25) is 0 Å². The molecular weight excluding hydrogens is 404 g/mol. The molecule has 1 unspecified atom stereocenters. The van der Waals surface area contributed by atoms with Crippen LogP contribution in [0.3, 0.4) is 0 Å². The van der Waals surface area contributed by atoms with Crippen LogP contribution in [0.4, 0.5) is 11.4 Å². The molecule has 30 heavy (non-hydrogen) atoms. The highest BCUT2D eigenvalue weighted by Gasteiger charge is 2.21. The van der Waals surface area contributed by atoms with Gasteiger partial charge in [0.1, 0.15) is 5.75 Å². The van der Waals surface area contributed by atoms with E-state index in [9.17, 15) is 9.59 Å². The fourth-order valence-electron chi connectivity index (χ4n) is 3.08. The number of ether oxygens (including phenoxy) is 3. The predicted octanol–water partition coefficient (Wildman–Crippen LogP) is 3.44. The minimum atomic E-state index is -0.490. The van der Waals surface area contributed by atoms with E-state index in [2.05, 4.69) is 10.2 Å². The van der Waals surface area contributed by atoms with E-state index in [1.807, 2.05) is 37.3 Å². The van der Waals surface area contributed by atoms with E-state index in [1.54, 1.807) is 19.2 Å². The average Bonchev–Trinajstić information content (AvgIpc) is 2.79. The number of hydrogen-bond acceptors (Lipinski definition) is 7. The number of nitrogens with one attached hydrogen (secondary N) is 1. The van der Waals surface area contributed by atoms with Gasteiger partial charge in [-0.25, -0.2) is 4.79 Å². The maximum Gasteiger partial charge on any atom is 0.340 e. The highest BCUT2D eigenvalue weighted by atomic mass is 32.2. The molecule has 1 aliphatic rings. The Balaban J connectivity index is 1.73. The zero-order valence-corrected chi connectivity index (χ0v) is 18.2. The van der Waals surface area contributed by atoms with Gasteiger partial charge in [-0.15, -0.1) is 11.8 Å². The summed E-state index contributed by atoms with van der Waals surface area (Å²) in [5.41, 5.74) is 1.67. The minimum absolute atomic E-state index is 0.194. The van der Waals surface area contributed by atoms with Crippen molar-refractivity contribution in [3.63, 3.8) is 0 Å². The number of rotatable bonds is 7. The third-order valence-electron chi connectivity index (χ3n) is 4.78. The maximum atomic E-state index is 12.8. The largest absolute Gasteiger partial charge is 0.497 e. The van der Waals surface area contributed by atoms with Gasteiger partial charge < -0.3 is 24.4 Å². The van der Waals surface area contributed by atoms with Gasteiger partial charge in [0.05, 0.1) is 43.9 Å². The molecule has 1 N–H and O–H groups in total. The summed E-state index contributed by atoms with van der Waals surface area (Å²) in [5.74, 6) is 0.0792. The van der Waals surface area contributed by atoms with Crippen LogP contribution in [0.5, 0.6) is 5.75 Å². The van der Waals surface area contributed by atoms with E-state index >= 15 is 0 Å². The lowest BCUT2D eigenvalue weighted by Gasteiger charge is -2.29. The molecule has 0 saturated carbocycles. The zero-order valence-electron chi connectivity index (χ0n) is 17.3. The molecule has 0 aliphatic carbocycles. The Hall–Kier alpha value is -2.71. The second-order valence-corrected chi connectivity index (χ2v) is 8.16. The summed E-state index contributed by atoms with van der Waals surface area (Å²) >= 11 is 1.43. The molecule has 8 heteroatoms. The number of thioether (sulfide) groups is 1. The first-order valence-corrected chi connectivity index (χ1v) is 10.6. The molecule has 1 saturated heterocycles. The Morgan fingerprint density at radius 3 is 2.43 bits per heavy atom. The molecule has 1 atom stereocenters. The lowest BCUT2D eigenvalue weighted by atomic mass is 10.1. The van der Waals surface area contributed by atoms with E-state index in [1.165, 1.54) is 18.9 Å². The third kappa shape index (κ3) is 5.46. The first kappa shape index (κ1) is 22.0. The minimum Gasteiger partial charge on any atom is -0.497 e.